The van der Waals surface area contributed by atoms with Gasteiger partial charge in [0, 0.05) is 11.6 Å². The Morgan fingerprint density at radius 1 is 1.33 bits per heavy atom. The van der Waals surface area contributed by atoms with Crippen LogP contribution in [0.15, 0.2) is 35.1 Å². The fourth-order valence-corrected chi connectivity index (χ4v) is 2.76. The van der Waals surface area contributed by atoms with Crippen molar-refractivity contribution in [2.24, 2.45) is 0 Å². The molecule has 124 valence electrons. The Hall–Kier alpha value is -2.85. The second-order valence-corrected chi connectivity index (χ2v) is 6.51. The molecule has 0 bridgehead atoms. The van der Waals surface area contributed by atoms with Crippen molar-refractivity contribution in [3.8, 4) is 11.8 Å². The lowest BCUT2D eigenvalue weighted by Crippen LogP contribution is -2.60. The zero-order chi connectivity index (χ0) is 17.5. The SMILES string of the molecule is CC1(C)Oc2ccc(C#N)cc2C(Nc2ccc(=O)[nH]n2)C1(C)O. The Bertz CT molecular complexity index is 860. The number of hydrogen-bond acceptors (Lipinski definition) is 6. The minimum atomic E-state index is -1.30. The molecular formula is C17H18N4O3. The van der Waals surface area contributed by atoms with Crippen molar-refractivity contribution in [3.63, 3.8) is 0 Å². The smallest absolute Gasteiger partial charge is 0.264 e. The maximum atomic E-state index is 11.2. The molecule has 2 aromatic rings. The number of aliphatic hydroxyl groups is 1. The lowest BCUT2D eigenvalue weighted by Gasteiger charge is -2.49. The Morgan fingerprint density at radius 2 is 2.08 bits per heavy atom. The molecule has 1 aromatic carbocycles. The van der Waals surface area contributed by atoms with E-state index in [0.29, 0.717) is 22.7 Å². The summed E-state index contributed by atoms with van der Waals surface area (Å²) in [6.07, 6.45) is 0. The molecular weight excluding hydrogens is 308 g/mol. The predicted molar refractivity (Wildman–Crippen MR) is 87.7 cm³/mol. The molecule has 0 aliphatic carbocycles. The van der Waals surface area contributed by atoms with E-state index in [2.05, 4.69) is 21.6 Å². The average Bonchev–Trinajstić information content (AvgIpc) is 2.53. The van der Waals surface area contributed by atoms with Crippen molar-refractivity contribution >= 4 is 5.82 Å². The standard InChI is InChI=1S/C17H18N4O3/c1-16(2)17(3,23)15(19-13-6-7-14(22)21-20-13)11-8-10(9-18)4-5-12(11)24-16/h4-8,15,23H,1-3H3,(H,19,20)(H,21,22). The number of nitrogens with zero attached hydrogens (tertiary/aromatic N) is 2. The number of aromatic amines is 1. The van der Waals surface area contributed by atoms with E-state index in [4.69, 9.17) is 10.00 Å². The van der Waals surface area contributed by atoms with Crippen molar-refractivity contribution < 1.29 is 9.84 Å². The Balaban J connectivity index is 2.11. The Morgan fingerprint density at radius 3 is 2.71 bits per heavy atom. The largest absolute Gasteiger partial charge is 0.484 e. The molecule has 0 amide bonds. The van der Waals surface area contributed by atoms with Gasteiger partial charge in [-0.2, -0.15) is 10.4 Å². The summed E-state index contributed by atoms with van der Waals surface area (Å²) in [5.74, 6) is 0.998. The van der Waals surface area contributed by atoms with Gasteiger partial charge in [0.05, 0.1) is 17.7 Å². The van der Waals surface area contributed by atoms with Gasteiger partial charge in [0.25, 0.3) is 5.56 Å². The monoisotopic (exact) mass is 326 g/mol. The molecule has 24 heavy (non-hydrogen) atoms. The number of nitrogens with one attached hydrogen (secondary N) is 2. The third-order valence-electron chi connectivity index (χ3n) is 4.57. The highest BCUT2D eigenvalue weighted by molar-refractivity contribution is 5.51. The number of anilines is 1. The van der Waals surface area contributed by atoms with Gasteiger partial charge in [-0.25, -0.2) is 5.10 Å². The van der Waals surface area contributed by atoms with Crippen LogP contribution in [0.1, 0.15) is 37.9 Å². The fraction of sp³-hybridized carbons (Fsp3) is 0.353. The second-order valence-electron chi connectivity index (χ2n) is 6.51. The van der Waals surface area contributed by atoms with Gasteiger partial charge in [0.1, 0.15) is 22.8 Å². The van der Waals surface area contributed by atoms with Crippen LogP contribution >= 0.6 is 0 Å². The van der Waals surface area contributed by atoms with Gasteiger partial charge >= 0.3 is 0 Å². The third-order valence-corrected chi connectivity index (χ3v) is 4.57. The molecule has 0 saturated heterocycles. The van der Waals surface area contributed by atoms with E-state index in [1.165, 1.54) is 12.1 Å². The summed E-state index contributed by atoms with van der Waals surface area (Å²) in [6.45, 7) is 5.25. The zero-order valence-corrected chi connectivity index (χ0v) is 13.6. The first-order chi connectivity index (χ1) is 11.2. The zero-order valence-electron chi connectivity index (χ0n) is 13.6. The number of aromatic nitrogens is 2. The van der Waals surface area contributed by atoms with Crippen LogP contribution in [-0.4, -0.2) is 26.5 Å². The van der Waals surface area contributed by atoms with Crippen molar-refractivity contribution in [3.05, 3.63) is 51.8 Å². The summed E-state index contributed by atoms with van der Waals surface area (Å²) >= 11 is 0. The lowest BCUT2D eigenvalue weighted by molar-refractivity contribution is -0.128. The van der Waals surface area contributed by atoms with Gasteiger partial charge < -0.3 is 15.2 Å². The summed E-state index contributed by atoms with van der Waals surface area (Å²) in [4.78, 5) is 11.2. The minimum absolute atomic E-state index is 0.313. The minimum Gasteiger partial charge on any atom is -0.484 e. The molecule has 1 aliphatic heterocycles. The summed E-state index contributed by atoms with van der Waals surface area (Å²) in [5, 5.41) is 29.7. The first-order valence-corrected chi connectivity index (χ1v) is 7.52. The molecule has 0 saturated carbocycles. The highest BCUT2D eigenvalue weighted by Gasteiger charge is 2.52. The first kappa shape index (κ1) is 16.0. The van der Waals surface area contributed by atoms with E-state index in [0.717, 1.165) is 0 Å². The summed E-state index contributed by atoms with van der Waals surface area (Å²) < 4.78 is 5.94. The normalized spacial score (nSPS) is 24.4. The number of nitriles is 1. The van der Waals surface area contributed by atoms with Gasteiger partial charge in [-0.1, -0.05) is 0 Å². The maximum absolute atomic E-state index is 11.2. The maximum Gasteiger partial charge on any atom is 0.264 e. The van der Waals surface area contributed by atoms with Crippen molar-refractivity contribution in [1.29, 1.82) is 5.26 Å². The fourth-order valence-electron chi connectivity index (χ4n) is 2.76. The number of rotatable bonds is 2. The highest BCUT2D eigenvalue weighted by atomic mass is 16.5. The lowest BCUT2D eigenvalue weighted by atomic mass is 9.75. The van der Waals surface area contributed by atoms with E-state index in [-0.39, 0.29) is 5.56 Å². The molecule has 7 nitrogen and oxygen atoms in total. The van der Waals surface area contributed by atoms with Crippen LogP contribution in [0.4, 0.5) is 5.82 Å². The molecule has 1 aliphatic rings. The number of hydrogen-bond donors (Lipinski definition) is 3. The van der Waals surface area contributed by atoms with Crippen molar-refractivity contribution in [2.75, 3.05) is 5.32 Å². The Kier molecular flexibility index (Phi) is 3.57. The number of fused-ring (bicyclic) bond motifs is 1. The quantitative estimate of drug-likeness (QED) is 0.775. The molecule has 3 N–H and O–H groups in total. The van der Waals surface area contributed by atoms with Crippen LogP contribution in [0, 0.1) is 11.3 Å². The van der Waals surface area contributed by atoms with E-state index in [9.17, 15) is 9.90 Å². The van der Waals surface area contributed by atoms with Gasteiger partial charge in [-0.15, -0.1) is 0 Å². The second kappa shape index (κ2) is 5.35. The molecule has 2 heterocycles. The number of benzene rings is 1. The molecule has 7 heteroatoms. The summed E-state index contributed by atoms with van der Waals surface area (Å²) in [5.41, 5.74) is -1.37. The van der Waals surface area contributed by atoms with E-state index >= 15 is 0 Å². The molecule has 2 atom stereocenters. The molecule has 0 spiro atoms. The molecule has 2 unspecified atom stereocenters. The van der Waals surface area contributed by atoms with Crippen molar-refractivity contribution in [1.82, 2.24) is 10.2 Å². The Labute approximate surface area is 138 Å². The van der Waals surface area contributed by atoms with Crippen LogP contribution in [0.25, 0.3) is 0 Å². The van der Waals surface area contributed by atoms with Gasteiger partial charge in [0.2, 0.25) is 0 Å². The molecule has 0 radical (unpaired) electrons. The highest BCUT2D eigenvalue weighted by Crippen LogP contribution is 2.47. The molecule has 1 aromatic heterocycles. The van der Waals surface area contributed by atoms with Crippen LogP contribution in [0.3, 0.4) is 0 Å². The first-order valence-electron chi connectivity index (χ1n) is 7.52. The van der Waals surface area contributed by atoms with Crippen LogP contribution in [-0.2, 0) is 0 Å². The van der Waals surface area contributed by atoms with Crippen LogP contribution in [0.5, 0.6) is 5.75 Å². The van der Waals surface area contributed by atoms with Crippen LogP contribution in [0.2, 0.25) is 0 Å². The third kappa shape index (κ3) is 2.51. The van der Waals surface area contributed by atoms with Gasteiger partial charge in [-0.05, 0) is 45.0 Å². The summed E-state index contributed by atoms with van der Waals surface area (Å²) in [7, 11) is 0. The number of ether oxygens (including phenoxy) is 1. The van der Waals surface area contributed by atoms with E-state index in [1.807, 2.05) is 0 Å². The summed E-state index contributed by atoms with van der Waals surface area (Å²) in [6, 6.07) is 9.47. The van der Waals surface area contributed by atoms with Gasteiger partial charge in [-0.3, -0.25) is 4.79 Å². The average molecular weight is 326 g/mol. The molecule has 3 rings (SSSR count). The van der Waals surface area contributed by atoms with E-state index < -0.39 is 17.2 Å². The van der Waals surface area contributed by atoms with Crippen LogP contribution < -0.4 is 15.6 Å². The number of H-pyrrole nitrogens is 1. The topological polar surface area (TPSA) is 111 Å². The van der Waals surface area contributed by atoms with E-state index in [1.54, 1.807) is 39.0 Å². The molecule has 0 fully saturated rings. The van der Waals surface area contributed by atoms with Gasteiger partial charge in [0.15, 0.2) is 0 Å². The predicted octanol–water partition coefficient (Wildman–Crippen LogP) is 1.72. The van der Waals surface area contributed by atoms with Crippen molar-refractivity contribution in [2.45, 2.75) is 38.0 Å².